The average Bonchev–Trinajstić information content (AvgIpc) is 3.40. The van der Waals surface area contributed by atoms with E-state index in [0.29, 0.717) is 6.08 Å². The molecule has 23 heteroatoms. The Hall–Kier alpha value is -2.26. The molecule has 2 nitrogen and oxygen atoms in total. The number of ether oxygens (including phenoxy) is 1. The van der Waals surface area contributed by atoms with E-state index in [0.717, 1.165) is 0 Å². The standard InChI is InChI=1S/C18H9F21O2/c19-9(20,11(23,24)13(27,28)15(31,32)17(34,35)36)10(21,22)12(25,26)14(29,30)16(33,18(37,38)39)41-8(40)7-4-5-1-2-6(7)3-5/h4-6H,1-3H2. The van der Waals surface area contributed by atoms with E-state index < -0.39 is 83.0 Å². The third-order valence-electron chi connectivity index (χ3n) is 6.29. The summed E-state index contributed by atoms with van der Waals surface area (Å²) in [6.07, 6.45) is -15.3. The predicted molar refractivity (Wildman–Crippen MR) is 85.6 cm³/mol. The van der Waals surface area contributed by atoms with Gasteiger partial charge in [0, 0.05) is 5.57 Å². The molecule has 41 heavy (non-hydrogen) atoms. The van der Waals surface area contributed by atoms with E-state index in [4.69, 9.17) is 0 Å². The first-order valence-corrected chi connectivity index (χ1v) is 10.1. The molecule has 3 atom stereocenters. The van der Waals surface area contributed by atoms with Gasteiger partial charge in [-0.15, -0.1) is 0 Å². The number of fused-ring (bicyclic) bond motifs is 2. The molecule has 0 heterocycles. The lowest BCUT2D eigenvalue weighted by molar-refractivity contribution is -0.484. The van der Waals surface area contributed by atoms with E-state index in [1.165, 1.54) is 0 Å². The second kappa shape index (κ2) is 9.12. The highest BCUT2D eigenvalue weighted by molar-refractivity contribution is 5.90. The Morgan fingerprint density at radius 2 is 0.902 bits per heavy atom. The second-order valence-electron chi connectivity index (χ2n) is 8.89. The van der Waals surface area contributed by atoms with Crippen LogP contribution in [-0.2, 0) is 9.53 Å². The maximum Gasteiger partial charge on any atom is 0.467 e. The lowest BCUT2D eigenvalue weighted by atomic mass is 9.87. The summed E-state index contributed by atoms with van der Waals surface area (Å²) in [7, 11) is 0. The summed E-state index contributed by atoms with van der Waals surface area (Å²) in [4.78, 5) is 11.9. The molecule has 3 unspecified atom stereocenters. The van der Waals surface area contributed by atoms with Crippen LogP contribution in [0.3, 0.4) is 0 Å². The molecule has 1 fully saturated rings. The first kappa shape index (κ1) is 34.9. The fourth-order valence-corrected chi connectivity index (χ4v) is 3.93. The minimum absolute atomic E-state index is 0.125. The van der Waals surface area contributed by atoms with Crippen LogP contribution in [0, 0.1) is 11.8 Å². The quantitative estimate of drug-likeness (QED) is 0.185. The number of esters is 1. The molecule has 2 bridgehead atoms. The highest BCUT2D eigenvalue weighted by atomic mass is 19.4. The van der Waals surface area contributed by atoms with E-state index >= 15 is 0 Å². The van der Waals surface area contributed by atoms with Crippen LogP contribution < -0.4 is 0 Å². The zero-order chi connectivity index (χ0) is 32.8. The van der Waals surface area contributed by atoms with Crippen molar-refractivity contribution >= 4 is 5.97 Å². The minimum atomic E-state index is -9.24. The average molecular weight is 656 g/mol. The number of rotatable bonds is 9. The summed E-state index contributed by atoms with van der Waals surface area (Å²) in [6, 6.07) is 0. The van der Waals surface area contributed by atoms with Gasteiger partial charge in [0.25, 0.3) is 0 Å². The first-order valence-electron chi connectivity index (χ1n) is 10.1. The zero-order valence-corrected chi connectivity index (χ0v) is 18.6. The van der Waals surface area contributed by atoms with Crippen molar-refractivity contribution in [3.8, 4) is 0 Å². The van der Waals surface area contributed by atoms with Crippen LogP contribution >= 0.6 is 0 Å². The molecule has 2 aliphatic carbocycles. The smallest absolute Gasteiger partial charge is 0.411 e. The van der Waals surface area contributed by atoms with Gasteiger partial charge in [-0.05, 0) is 31.1 Å². The number of hydrogen-bond donors (Lipinski definition) is 0. The Morgan fingerprint density at radius 1 is 0.537 bits per heavy atom. The van der Waals surface area contributed by atoms with Crippen LogP contribution in [0.4, 0.5) is 92.2 Å². The Bertz CT molecular complexity index is 1070. The SMILES string of the molecule is O=C(OC(F)(C(F)(F)F)C(F)(F)C(F)(F)C(F)(F)C(F)(F)C(F)(F)C(F)(F)C(F)(F)C(F)(F)F)C1=CC2CCC1C2. The largest absolute Gasteiger partial charge is 0.467 e. The summed E-state index contributed by atoms with van der Waals surface area (Å²) in [6.45, 7) is 0. The van der Waals surface area contributed by atoms with Crippen LogP contribution in [0.1, 0.15) is 19.3 Å². The lowest BCUT2D eigenvalue weighted by Gasteiger charge is -2.44. The van der Waals surface area contributed by atoms with E-state index in [2.05, 4.69) is 4.74 Å². The van der Waals surface area contributed by atoms with E-state index in [1.807, 2.05) is 0 Å². The minimum Gasteiger partial charge on any atom is -0.411 e. The summed E-state index contributed by atoms with van der Waals surface area (Å²) in [5, 5.41) is 0. The van der Waals surface area contributed by atoms with E-state index in [9.17, 15) is 97.0 Å². The molecule has 0 aromatic rings. The maximum absolute atomic E-state index is 14.5. The van der Waals surface area contributed by atoms with Gasteiger partial charge in [-0.25, -0.2) is 4.79 Å². The monoisotopic (exact) mass is 656 g/mol. The second-order valence-corrected chi connectivity index (χ2v) is 8.89. The third-order valence-corrected chi connectivity index (χ3v) is 6.29. The molecule has 0 aromatic carbocycles. The molecule has 0 radical (unpaired) electrons. The zero-order valence-electron chi connectivity index (χ0n) is 18.6. The normalized spacial score (nSPS) is 23.4. The van der Waals surface area contributed by atoms with Crippen LogP contribution in [0.25, 0.3) is 0 Å². The molecule has 2 aliphatic rings. The highest BCUT2D eigenvalue weighted by Gasteiger charge is 2.98. The van der Waals surface area contributed by atoms with Gasteiger partial charge in [-0.2, -0.15) is 92.2 Å². The van der Waals surface area contributed by atoms with Crippen molar-refractivity contribution in [2.24, 2.45) is 11.8 Å². The van der Waals surface area contributed by atoms with Crippen LogP contribution in [-0.4, -0.2) is 65.6 Å². The molecular formula is C18H9F21O2. The van der Waals surface area contributed by atoms with Crippen LogP contribution in [0.15, 0.2) is 11.6 Å². The van der Waals surface area contributed by atoms with Crippen molar-refractivity contribution in [3.05, 3.63) is 11.6 Å². The molecule has 0 saturated heterocycles. The summed E-state index contributed by atoms with van der Waals surface area (Å²) < 4.78 is 283. The van der Waals surface area contributed by atoms with Gasteiger partial charge in [-0.3, -0.25) is 0 Å². The Kier molecular flexibility index (Phi) is 7.77. The topological polar surface area (TPSA) is 26.3 Å². The fraction of sp³-hybridized carbons (Fsp3) is 0.833. The molecular weight excluding hydrogens is 647 g/mol. The van der Waals surface area contributed by atoms with E-state index in [-0.39, 0.29) is 19.3 Å². The Labute approximate surface area is 211 Å². The third kappa shape index (κ3) is 4.39. The van der Waals surface area contributed by atoms with Crippen molar-refractivity contribution in [1.29, 1.82) is 0 Å². The maximum atomic E-state index is 14.5. The lowest BCUT2D eigenvalue weighted by Crippen LogP contribution is -2.77. The van der Waals surface area contributed by atoms with Gasteiger partial charge in [-0.1, -0.05) is 6.08 Å². The van der Waals surface area contributed by atoms with Gasteiger partial charge in [0.15, 0.2) is 0 Å². The molecule has 0 N–H and O–H groups in total. The van der Waals surface area contributed by atoms with Crippen LogP contribution in [0.2, 0.25) is 0 Å². The van der Waals surface area contributed by atoms with Crippen molar-refractivity contribution < 1.29 is 102 Å². The van der Waals surface area contributed by atoms with Crippen molar-refractivity contribution in [1.82, 2.24) is 0 Å². The molecule has 1 saturated carbocycles. The van der Waals surface area contributed by atoms with Gasteiger partial charge >= 0.3 is 65.6 Å². The van der Waals surface area contributed by atoms with Crippen molar-refractivity contribution in [2.75, 3.05) is 0 Å². The molecule has 0 amide bonds. The number of alkyl halides is 21. The Balaban J connectivity index is 2.67. The molecule has 0 aliphatic heterocycles. The molecule has 240 valence electrons. The summed E-state index contributed by atoms with van der Waals surface area (Å²) >= 11 is 0. The number of carbonyl (C=O) groups is 1. The number of hydrogen-bond acceptors (Lipinski definition) is 2. The van der Waals surface area contributed by atoms with Crippen molar-refractivity contribution in [2.45, 2.75) is 78.9 Å². The number of carbonyl (C=O) groups excluding carboxylic acids is 1. The molecule has 2 rings (SSSR count). The Morgan fingerprint density at radius 3 is 1.20 bits per heavy atom. The predicted octanol–water partition coefficient (Wildman–Crippen LogP) is 8.12. The summed E-state index contributed by atoms with van der Waals surface area (Å²) in [5.74, 6) is -75.4. The van der Waals surface area contributed by atoms with Gasteiger partial charge in [0.1, 0.15) is 0 Å². The fourth-order valence-electron chi connectivity index (χ4n) is 3.93. The van der Waals surface area contributed by atoms with Crippen LogP contribution in [0.5, 0.6) is 0 Å². The number of halogens is 21. The van der Waals surface area contributed by atoms with Gasteiger partial charge in [0.05, 0.1) is 0 Å². The number of allylic oxidation sites excluding steroid dienone is 1. The molecule has 0 spiro atoms. The van der Waals surface area contributed by atoms with Gasteiger partial charge < -0.3 is 4.74 Å². The molecule has 0 aromatic heterocycles. The van der Waals surface area contributed by atoms with Gasteiger partial charge in [0.2, 0.25) is 0 Å². The summed E-state index contributed by atoms with van der Waals surface area (Å²) in [5.41, 5.74) is -1.12. The van der Waals surface area contributed by atoms with Crippen molar-refractivity contribution in [3.63, 3.8) is 0 Å². The highest BCUT2D eigenvalue weighted by Crippen LogP contribution is 2.66. The van der Waals surface area contributed by atoms with E-state index in [1.54, 1.807) is 0 Å². The first-order chi connectivity index (χ1) is 17.7.